The summed E-state index contributed by atoms with van der Waals surface area (Å²) in [6, 6.07) is 5.21. The minimum atomic E-state index is -0.440. The van der Waals surface area contributed by atoms with Crippen LogP contribution in [0.15, 0.2) is 23.6 Å². The molecule has 0 bridgehead atoms. The number of rotatable bonds is 9. The van der Waals surface area contributed by atoms with E-state index in [1.807, 2.05) is 0 Å². The Kier molecular flexibility index (Phi) is 6.86. The van der Waals surface area contributed by atoms with Crippen LogP contribution in [0.4, 0.5) is 0 Å². The van der Waals surface area contributed by atoms with Crippen LogP contribution in [0.5, 0.6) is 11.5 Å². The number of carbonyl (C=O) groups excluding carboxylic acids is 2. The molecule has 1 aromatic heterocycles. The van der Waals surface area contributed by atoms with Crippen LogP contribution in [-0.4, -0.2) is 41.7 Å². The first-order valence-electron chi connectivity index (χ1n) is 9.42. The van der Waals surface area contributed by atoms with Gasteiger partial charge in [0.25, 0.3) is 5.91 Å². The van der Waals surface area contributed by atoms with Crippen molar-refractivity contribution >= 4 is 23.2 Å². The van der Waals surface area contributed by atoms with Gasteiger partial charge in [0, 0.05) is 17.5 Å². The number of ether oxygens (including phenoxy) is 3. The van der Waals surface area contributed by atoms with Crippen molar-refractivity contribution in [2.75, 3.05) is 19.9 Å². The van der Waals surface area contributed by atoms with Gasteiger partial charge in [-0.15, -0.1) is 11.3 Å². The Balaban J connectivity index is 1.75. The number of esters is 1. The Morgan fingerprint density at radius 3 is 2.82 bits per heavy atom. The highest BCUT2D eigenvalue weighted by atomic mass is 32.1. The van der Waals surface area contributed by atoms with E-state index in [0.29, 0.717) is 41.8 Å². The molecule has 0 unspecified atom stereocenters. The number of benzene rings is 1. The molecule has 0 saturated heterocycles. The van der Waals surface area contributed by atoms with Gasteiger partial charge in [-0.2, -0.15) is 0 Å². The minimum absolute atomic E-state index is 0.0951. The van der Waals surface area contributed by atoms with Gasteiger partial charge in [-0.05, 0) is 31.5 Å². The first-order chi connectivity index (χ1) is 13.6. The lowest BCUT2D eigenvalue weighted by atomic mass is 10.1. The van der Waals surface area contributed by atoms with E-state index in [0.717, 1.165) is 19.3 Å². The third-order valence-corrected chi connectivity index (χ3v) is 5.13. The molecule has 0 atom stereocenters. The molecule has 28 heavy (non-hydrogen) atoms. The van der Waals surface area contributed by atoms with Crippen LogP contribution in [0.1, 0.15) is 59.0 Å². The number of thiazole rings is 1. The summed E-state index contributed by atoms with van der Waals surface area (Å²) in [5.41, 5.74) is 0.828. The zero-order chi connectivity index (χ0) is 19.9. The van der Waals surface area contributed by atoms with Crippen LogP contribution in [0, 0.1) is 0 Å². The molecule has 150 valence electrons. The Hall–Kier alpha value is -2.61. The van der Waals surface area contributed by atoms with Crippen molar-refractivity contribution in [1.29, 1.82) is 0 Å². The highest BCUT2D eigenvalue weighted by molar-refractivity contribution is 7.09. The molecule has 1 aromatic carbocycles. The van der Waals surface area contributed by atoms with Crippen LogP contribution in [0.3, 0.4) is 0 Å². The normalized spacial score (nSPS) is 12.1. The largest absolute Gasteiger partial charge is 0.461 e. The van der Waals surface area contributed by atoms with Gasteiger partial charge in [0.05, 0.1) is 13.2 Å². The summed E-state index contributed by atoms with van der Waals surface area (Å²) < 4.78 is 15.7. The molecular weight excluding hydrogens is 380 g/mol. The van der Waals surface area contributed by atoms with Crippen molar-refractivity contribution in [2.24, 2.45) is 0 Å². The van der Waals surface area contributed by atoms with Crippen molar-refractivity contribution in [3.05, 3.63) is 39.8 Å². The van der Waals surface area contributed by atoms with Gasteiger partial charge in [0.15, 0.2) is 17.2 Å². The number of hydrogen-bond acceptors (Lipinski definition) is 7. The molecule has 1 aliphatic heterocycles. The SMILES string of the molecule is CCCCCN(Cc1nc(C(=O)OCC)cs1)C(=O)c1ccc2c(c1)OCO2. The lowest BCUT2D eigenvalue weighted by molar-refractivity contribution is 0.0520. The number of aromatic nitrogens is 1. The summed E-state index contributed by atoms with van der Waals surface area (Å²) >= 11 is 1.35. The quantitative estimate of drug-likeness (QED) is 0.466. The average Bonchev–Trinajstić information content (AvgIpc) is 3.35. The molecule has 0 N–H and O–H groups in total. The second kappa shape index (κ2) is 9.54. The maximum absolute atomic E-state index is 13.1. The lowest BCUT2D eigenvalue weighted by Gasteiger charge is -2.22. The first-order valence-corrected chi connectivity index (χ1v) is 10.3. The van der Waals surface area contributed by atoms with E-state index in [2.05, 4.69) is 11.9 Å². The van der Waals surface area contributed by atoms with E-state index >= 15 is 0 Å². The van der Waals surface area contributed by atoms with Gasteiger partial charge in [-0.3, -0.25) is 4.79 Å². The zero-order valence-corrected chi connectivity index (χ0v) is 16.9. The standard InChI is InChI=1S/C20H24N2O5S/c1-3-5-6-9-22(11-18-21-15(12-28-18)20(24)25-4-2)19(23)14-7-8-16-17(10-14)27-13-26-16/h7-8,10,12H,3-6,9,11,13H2,1-2H3. The Labute approximate surface area is 168 Å². The summed E-state index contributed by atoms with van der Waals surface area (Å²) in [6.45, 7) is 5.32. The van der Waals surface area contributed by atoms with Crippen molar-refractivity contribution in [3.8, 4) is 11.5 Å². The van der Waals surface area contributed by atoms with Crippen LogP contribution < -0.4 is 9.47 Å². The third kappa shape index (κ3) is 4.81. The van der Waals surface area contributed by atoms with Gasteiger partial charge < -0.3 is 19.1 Å². The van der Waals surface area contributed by atoms with E-state index in [-0.39, 0.29) is 18.4 Å². The minimum Gasteiger partial charge on any atom is -0.461 e. The number of unbranched alkanes of at least 4 members (excludes halogenated alkanes) is 2. The average molecular weight is 404 g/mol. The van der Waals surface area contributed by atoms with Gasteiger partial charge in [0.1, 0.15) is 5.01 Å². The monoisotopic (exact) mass is 404 g/mol. The molecule has 0 saturated carbocycles. The molecule has 3 rings (SSSR count). The number of nitrogens with zero attached hydrogens (tertiary/aromatic N) is 2. The van der Waals surface area contributed by atoms with Crippen LogP contribution in [-0.2, 0) is 11.3 Å². The highest BCUT2D eigenvalue weighted by Gasteiger charge is 2.22. The van der Waals surface area contributed by atoms with Crippen molar-refractivity contribution < 1.29 is 23.8 Å². The summed E-state index contributed by atoms with van der Waals surface area (Å²) in [7, 11) is 0. The van der Waals surface area contributed by atoms with Crippen LogP contribution in [0.2, 0.25) is 0 Å². The highest BCUT2D eigenvalue weighted by Crippen LogP contribution is 2.33. The van der Waals surface area contributed by atoms with Gasteiger partial charge in [-0.25, -0.2) is 9.78 Å². The zero-order valence-electron chi connectivity index (χ0n) is 16.1. The Bertz CT molecular complexity index is 836. The fourth-order valence-corrected chi connectivity index (χ4v) is 3.64. The van der Waals surface area contributed by atoms with E-state index in [1.165, 1.54) is 11.3 Å². The molecule has 2 heterocycles. The molecule has 0 radical (unpaired) electrons. The molecule has 1 aliphatic rings. The molecule has 0 fully saturated rings. The predicted octanol–water partition coefficient (Wildman–Crippen LogP) is 3.88. The molecule has 1 amide bonds. The van der Waals surface area contributed by atoms with Gasteiger partial charge in [0.2, 0.25) is 6.79 Å². The smallest absolute Gasteiger partial charge is 0.357 e. The van der Waals surface area contributed by atoms with Crippen LogP contribution in [0.25, 0.3) is 0 Å². The van der Waals surface area contributed by atoms with E-state index in [1.54, 1.807) is 35.4 Å². The molecule has 7 nitrogen and oxygen atoms in total. The summed E-state index contributed by atoms with van der Waals surface area (Å²) in [5.74, 6) is 0.693. The summed E-state index contributed by atoms with van der Waals surface area (Å²) in [4.78, 5) is 31.0. The second-order valence-corrected chi connectivity index (χ2v) is 7.29. The number of amides is 1. The van der Waals surface area contributed by atoms with Crippen molar-refractivity contribution in [1.82, 2.24) is 9.88 Å². The van der Waals surface area contributed by atoms with Crippen molar-refractivity contribution in [3.63, 3.8) is 0 Å². The molecular formula is C20H24N2O5S. The maximum Gasteiger partial charge on any atom is 0.357 e. The van der Waals surface area contributed by atoms with Crippen molar-refractivity contribution in [2.45, 2.75) is 39.7 Å². The number of fused-ring (bicyclic) bond motifs is 1. The Morgan fingerprint density at radius 2 is 2.04 bits per heavy atom. The summed E-state index contributed by atoms with van der Waals surface area (Å²) in [6.07, 6.45) is 3.01. The van der Waals surface area contributed by atoms with E-state index < -0.39 is 5.97 Å². The molecule has 0 aliphatic carbocycles. The van der Waals surface area contributed by atoms with Gasteiger partial charge in [-0.1, -0.05) is 19.8 Å². The topological polar surface area (TPSA) is 78.0 Å². The van der Waals surface area contributed by atoms with Crippen LogP contribution >= 0.6 is 11.3 Å². The number of hydrogen-bond donors (Lipinski definition) is 0. The molecule has 2 aromatic rings. The fraction of sp³-hybridized carbons (Fsp3) is 0.450. The Morgan fingerprint density at radius 1 is 1.21 bits per heavy atom. The summed E-state index contributed by atoms with van der Waals surface area (Å²) in [5, 5.41) is 2.37. The molecule has 0 spiro atoms. The molecule has 8 heteroatoms. The third-order valence-electron chi connectivity index (χ3n) is 4.30. The lowest BCUT2D eigenvalue weighted by Crippen LogP contribution is -2.31. The maximum atomic E-state index is 13.1. The second-order valence-electron chi connectivity index (χ2n) is 6.35. The predicted molar refractivity (Wildman–Crippen MR) is 105 cm³/mol. The first kappa shape index (κ1) is 20.1. The fourth-order valence-electron chi connectivity index (χ4n) is 2.86. The number of carbonyl (C=O) groups is 2. The van der Waals surface area contributed by atoms with Gasteiger partial charge >= 0.3 is 5.97 Å². The van der Waals surface area contributed by atoms with E-state index in [4.69, 9.17) is 14.2 Å². The van der Waals surface area contributed by atoms with E-state index in [9.17, 15) is 9.59 Å².